The van der Waals surface area contributed by atoms with Crippen LogP contribution in [0.4, 0.5) is 36.8 Å². The molecule has 1 fully saturated rings. The molecule has 0 saturated heterocycles. The number of carbonyl (C=O) groups excluding carboxylic acids is 1. The molecule has 1 saturated carbocycles. The van der Waals surface area contributed by atoms with Crippen LogP contribution in [0.2, 0.25) is 0 Å². The van der Waals surface area contributed by atoms with Crippen molar-refractivity contribution < 1.29 is 31.1 Å². The summed E-state index contributed by atoms with van der Waals surface area (Å²) >= 11 is 0. The third-order valence-electron chi connectivity index (χ3n) is 5.93. The van der Waals surface area contributed by atoms with Crippen molar-refractivity contribution in [2.24, 2.45) is 0 Å². The molecule has 1 aliphatic rings. The van der Waals surface area contributed by atoms with Crippen LogP contribution in [0.5, 0.6) is 0 Å². The number of rotatable bonds is 8. The zero-order chi connectivity index (χ0) is 24.9. The number of benzene rings is 2. The summed E-state index contributed by atoms with van der Waals surface area (Å²) in [6, 6.07) is 8.40. The molecule has 0 aromatic heterocycles. The summed E-state index contributed by atoms with van der Waals surface area (Å²) in [4.78, 5) is 12.4. The van der Waals surface area contributed by atoms with Crippen LogP contribution in [-0.4, -0.2) is 25.2 Å². The van der Waals surface area contributed by atoms with Crippen LogP contribution in [0.25, 0.3) is 0 Å². The van der Waals surface area contributed by atoms with Crippen molar-refractivity contribution in [2.75, 3.05) is 18.4 Å². The molecule has 2 aromatic carbocycles. The first kappa shape index (κ1) is 25.9. The van der Waals surface area contributed by atoms with E-state index in [-0.39, 0.29) is 18.5 Å². The van der Waals surface area contributed by atoms with E-state index in [0.717, 1.165) is 30.5 Å². The Bertz CT molecular complexity index is 936. The Morgan fingerprint density at radius 1 is 0.971 bits per heavy atom. The Hall–Kier alpha value is -2.75. The first-order valence-electron chi connectivity index (χ1n) is 11.1. The van der Waals surface area contributed by atoms with Gasteiger partial charge in [0.05, 0.1) is 11.1 Å². The SMILES string of the molecule is Cc1ccc(C(CCNC2CCC2)CNC(=O)Nc2cc(C(F)(F)F)cc(C(F)(F)F)c2)cc1. The fourth-order valence-corrected chi connectivity index (χ4v) is 3.72. The summed E-state index contributed by atoms with van der Waals surface area (Å²) in [5, 5.41) is 8.15. The summed E-state index contributed by atoms with van der Waals surface area (Å²) in [6.07, 6.45) is -5.80. The van der Waals surface area contributed by atoms with Crippen LogP contribution in [0.3, 0.4) is 0 Å². The van der Waals surface area contributed by atoms with E-state index in [0.29, 0.717) is 24.6 Å². The lowest BCUT2D eigenvalue weighted by Crippen LogP contribution is -2.37. The van der Waals surface area contributed by atoms with Gasteiger partial charge in [0.25, 0.3) is 0 Å². The van der Waals surface area contributed by atoms with E-state index in [1.807, 2.05) is 31.2 Å². The van der Waals surface area contributed by atoms with Gasteiger partial charge in [0.1, 0.15) is 0 Å². The van der Waals surface area contributed by atoms with Crippen LogP contribution in [0, 0.1) is 6.92 Å². The number of aryl methyl sites for hydroxylation is 1. The van der Waals surface area contributed by atoms with Gasteiger partial charge >= 0.3 is 18.4 Å². The van der Waals surface area contributed by atoms with Gasteiger partial charge in [-0.1, -0.05) is 36.2 Å². The van der Waals surface area contributed by atoms with Crippen molar-refractivity contribution in [1.29, 1.82) is 0 Å². The molecule has 2 aromatic rings. The summed E-state index contributed by atoms with van der Waals surface area (Å²) in [5.41, 5.74) is -1.50. The predicted octanol–water partition coefficient (Wildman–Crippen LogP) is 6.47. The molecule has 34 heavy (non-hydrogen) atoms. The van der Waals surface area contributed by atoms with Gasteiger partial charge in [0.15, 0.2) is 0 Å². The van der Waals surface area contributed by atoms with Crippen molar-refractivity contribution in [3.8, 4) is 0 Å². The fraction of sp³-hybridized carbons (Fsp3) is 0.458. The van der Waals surface area contributed by atoms with E-state index >= 15 is 0 Å². The molecular weight excluding hydrogens is 460 g/mol. The highest BCUT2D eigenvalue weighted by Gasteiger charge is 2.37. The molecule has 2 amide bonds. The average molecular weight is 487 g/mol. The molecule has 0 radical (unpaired) electrons. The minimum Gasteiger partial charge on any atom is -0.337 e. The van der Waals surface area contributed by atoms with Gasteiger partial charge in [0.2, 0.25) is 0 Å². The molecule has 1 unspecified atom stereocenters. The molecular formula is C24H27F6N3O. The van der Waals surface area contributed by atoms with Gasteiger partial charge < -0.3 is 16.0 Å². The number of urea groups is 1. The number of anilines is 1. The van der Waals surface area contributed by atoms with E-state index < -0.39 is 35.2 Å². The Morgan fingerprint density at radius 2 is 1.56 bits per heavy atom. The number of hydrogen-bond acceptors (Lipinski definition) is 2. The standard InChI is InChI=1S/C24H27F6N3O/c1-15-5-7-16(8-6-15)17(9-10-31-20-3-2-4-20)14-32-22(34)33-21-12-18(23(25,26)27)11-19(13-21)24(28,29)30/h5-8,11-13,17,20,31H,2-4,9-10,14H2,1H3,(H2,32,33,34). The zero-order valence-corrected chi connectivity index (χ0v) is 18.6. The highest BCUT2D eigenvalue weighted by molar-refractivity contribution is 5.89. The van der Waals surface area contributed by atoms with E-state index in [4.69, 9.17) is 0 Å². The molecule has 3 rings (SSSR count). The molecule has 0 heterocycles. The maximum atomic E-state index is 13.0. The van der Waals surface area contributed by atoms with Gasteiger partial charge in [-0.05, 0) is 56.5 Å². The first-order chi connectivity index (χ1) is 15.9. The molecule has 0 aliphatic heterocycles. The summed E-state index contributed by atoms with van der Waals surface area (Å²) in [7, 11) is 0. The topological polar surface area (TPSA) is 53.2 Å². The van der Waals surface area contributed by atoms with E-state index in [2.05, 4.69) is 16.0 Å². The molecule has 1 atom stereocenters. The highest BCUT2D eigenvalue weighted by Crippen LogP contribution is 2.37. The number of hydrogen-bond donors (Lipinski definition) is 3. The van der Waals surface area contributed by atoms with Gasteiger partial charge in [-0.25, -0.2) is 4.79 Å². The zero-order valence-electron chi connectivity index (χ0n) is 18.6. The Kier molecular flexibility index (Phi) is 8.12. The van der Waals surface area contributed by atoms with Gasteiger partial charge in [-0.15, -0.1) is 0 Å². The minimum absolute atomic E-state index is 0.0195. The Balaban J connectivity index is 1.66. The molecule has 0 bridgehead atoms. The molecule has 10 heteroatoms. The second-order valence-corrected chi connectivity index (χ2v) is 8.61. The molecule has 4 nitrogen and oxygen atoms in total. The lowest BCUT2D eigenvalue weighted by Gasteiger charge is -2.28. The largest absolute Gasteiger partial charge is 0.416 e. The van der Waals surface area contributed by atoms with Crippen molar-refractivity contribution >= 4 is 11.7 Å². The predicted molar refractivity (Wildman–Crippen MR) is 118 cm³/mol. The fourth-order valence-electron chi connectivity index (χ4n) is 3.72. The van der Waals surface area contributed by atoms with Gasteiger partial charge in [-0.3, -0.25) is 0 Å². The first-order valence-corrected chi connectivity index (χ1v) is 11.1. The maximum absolute atomic E-state index is 13.0. The molecule has 186 valence electrons. The van der Waals surface area contributed by atoms with Crippen molar-refractivity contribution in [3.63, 3.8) is 0 Å². The molecule has 1 aliphatic carbocycles. The number of carbonyl (C=O) groups is 1. The summed E-state index contributed by atoms with van der Waals surface area (Å²) in [5.74, 6) is -0.0776. The van der Waals surface area contributed by atoms with E-state index in [9.17, 15) is 31.1 Å². The van der Waals surface area contributed by atoms with Gasteiger partial charge in [-0.2, -0.15) is 26.3 Å². The third kappa shape index (κ3) is 7.38. The highest BCUT2D eigenvalue weighted by atomic mass is 19.4. The van der Waals surface area contributed by atoms with E-state index in [1.165, 1.54) is 6.42 Å². The monoisotopic (exact) mass is 487 g/mol. The van der Waals surface area contributed by atoms with Crippen molar-refractivity contribution in [1.82, 2.24) is 10.6 Å². The number of alkyl halides is 6. The Labute approximate surface area is 194 Å². The normalized spacial score (nSPS) is 15.5. The van der Waals surface area contributed by atoms with Crippen molar-refractivity contribution in [3.05, 3.63) is 64.7 Å². The number of amides is 2. The third-order valence-corrected chi connectivity index (χ3v) is 5.93. The van der Waals surface area contributed by atoms with Crippen LogP contribution in [-0.2, 0) is 12.4 Å². The number of halogens is 6. The Morgan fingerprint density at radius 3 is 2.06 bits per heavy atom. The summed E-state index contributed by atoms with van der Waals surface area (Å²) in [6.45, 7) is 2.86. The van der Waals surface area contributed by atoms with E-state index in [1.54, 1.807) is 0 Å². The quantitative estimate of drug-likeness (QED) is 0.374. The second kappa shape index (κ2) is 10.7. The minimum atomic E-state index is -4.99. The molecule has 0 spiro atoms. The van der Waals surface area contributed by atoms with Crippen molar-refractivity contribution in [2.45, 2.75) is 56.9 Å². The van der Waals surface area contributed by atoms with Gasteiger partial charge in [0, 0.05) is 24.2 Å². The van der Waals surface area contributed by atoms with Crippen LogP contribution in [0.15, 0.2) is 42.5 Å². The van der Waals surface area contributed by atoms with Crippen LogP contribution < -0.4 is 16.0 Å². The smallest absolute Gasteiger partial charge is 0.337 e. The number of nitrogens with one attached hydrogen (secondary N) is 3. The van der Waals surface area contributed by atoms with Crippen LogP contribution in [0.1, 0.15) is 53.9 Å². The maximum Gasteiger partial charge on any atom is 0.416 e. The molecule has 3 N–H and O–H groups in total. The average Bonchev–Trinajstić information content (AvgIpc) is 2.71. The lowest BCUT2D eigenvalue weighted by atomic mass is 9.91. The van der Waals surface area contributed by atoms with Crippen LogP contribution >= 0.6 is 0 Å². The summed E-state index contributed by atoms with van der Waals surface area (Å²) < 4.78 is 78.3. The lowest BCUT2D eigenvalue weighted by molar-refractivity contribution is -0.143. The second-order valence-electron chi connectivity index (χ2n) is 8.61.